The number of carboxylic acids is 1. The highest BCUT2D eigenvalue weighted by Gasteiger charge is 2.48. The fraction of sp³-hybridized carbons (Fsp3) is 0.375. The molecule has 3 aromatic rings. The van der Waals surface area contributed by atoms with Gasteiger partial charge in [0.2, 0.25) is 0 Å². The lowest BCUT2D eigenvalue weighted by atomic mass is 9.72. The number of rotatable bonds is 7. The summed E-state index contributed by atoms with van der Waals surface area (Å²) in [5.41, 5.74) is 1.36. The number of benzene rings is 3. The molecule has 5 rings (SSSR count). The highest BCUT2D eigenvalue weighted by molar-refractivity contribution is 6.31. The molecule has 0 saturated carbocycles. The van der Waals surface area contributed by atoms with Gasteiger partial charge in [-0.2, -0.15) is 0 Å². The van der Waals surface area contributed by atoms with Crippen LogP contribution in [-0.4, -0.2) is 54.1 Å². The zero-order chi connectivity index (χ0) is 31.2. The average molecular weight is 631 g/mol. The number of nitrogens with one attached hydrogen (secondary N) is 3. The summed E-state index contributed by atoms with van der Waals surface area (Å²) in [6.07, 6.45) is 1.55. The maximum Gasteiger partial charge on any atom is 0.323 e. The van der Waals surface area contributed by atoms with E-state index in [1.807, 2.05) is 6.07 Å². The van der Waals surface area contributed by atoms with E-state index in [4.69, 9.17) is 33.0 Å². The van der Waals surface area contributed by atoms with Crippen LogP contribution < -0.4 is 25.4 Å². The van der Waals surface area contributed by atoms with Crippen LogP contribution in [0.25, 0.3) is 0 Å². The van der Waals surface area contributed by atoms with E-state index < -0.39 is 23.7 Å². The van der Waals surface area contributed by atoms with E-state index in [0.717, 1.165) is 25.2 Å². The molecule has 2 aliphatic heterocycles. The van der Waals surface area contributed by atoms with Crippen molar-refractivity contribution in [1.82, 2.24) is 0 Å². The minimum absolute atomic E-state index is 0.0849. The molecule has 0 unspecified atom stereocenters. The maximum absolute atomic E-state index is 12.7. The molecule has 43 heavy (non-hydrogen) atoms. The third-order valence-electron chi connectivity index (χ3n) is 7.73. The first kappa shape index (κ1) is 32.6. The summed E-state index contributed by atoms with van der Waals surface area (Å²) < 4.78 is 6.53. The number of hydrogen-bond donors (Lipinski definition) is 5. The van der Waals surface area contributed by atoms with E-state index in [1.165, 1.54) is 29.9 Å². The van der Waals surface area contributed by atoms with Crippen LogP contribution in [0.3, 0.4) is 0 Å². The Bertz CT molecular complexity index is 1410. The Labute approximate surface area is 261 Å². The van der Waals surface area contributed by atoms with Gasteiger partial charge in [-0.15, -0.1) is 0 Å². The number of fused-ring (bicyclic) bond motifs is 1. The molecule has 2 heterocycles. The van der Waals surface area contributed by atoms with Crippen molar-refractivity contribution < 1.29 is 34.5 Å². The van der Waals surface area contributed by atoms with Gasteiger partial charge >= 0.3 is 6.03 Å². The van der Waals surface area contributed by atoms with Crippen molar-refractivity contribution in [1.29, 1.82) is 0 Å². The minimum atomic E-state index is -1.52. The monoisotopic (exact) mass is 629 g/mol. The molecule has 9 nitrogen and oxygen atoms in total. The lowest BCUT2D eigenvalue weighted by molar-refractivity contribution is -0.893. The molecule has 2 aliphatic rings. The molecular formula is C32H37Cl2N3O6. The molecular weight excluding hydrogens is 593 g/mol. The molecule has 1 saturated heterocycles. The van der Waals surface area contributed by atoms with Gasteiger partial charge in [0, 0.05) is 40.6 Å². The third kappa shape index (κ3) is 8.40. The second kappa shape index (κ2) is 14.0. The normalized spacial score (nSPS) is 19.7. The number of urea groups is 1. The maximum atomic E-state index is 12.7. The van der Waals surface area contributed by atoms with E-state index in [9.17, 15) is 19.8 Å². The molecule has 2 atom stereocenters. The molecule has 230 valence electrons. The summed E-state index contributed by atoms with van der Waals surface area (Å²) >= 11 is 12.3. The molecule has 3 aromatic carbocycles. The minimum Gasteiger partial charge on any atom is -0.547 e. The fourth-order valence-electron chi connectivity index (χ4n) is 5.79. The van der Waals surface area contributed by atoms with Crippen LogP contribution in [-0.2, 0) is 10.2 Å². The number of quaternary nitrogens is 1. The van der Waals surface area contributed by atoms with Gasteiger partial charge in [0.1, 0.15) is 18.4 Å². The number of carboxylic acid groups (broad SMARTS) is 1. The van der Waals surface area contributed by atoms with Crippen molar-refractivity contribution in [3.05, 3.63) is 87.9 Å². The van der Waals surface area contributed by atoms with Gasteiger partial charge in [-0.3, -0.25) is 0 Å². The van der Waals surface area contributed by atoms with Gasteiger partial charge in [-0.05, 0) is 47.4 Å². The molecule has 0 radical (unpaired) electrons. The van der Waals surface area contributed by atoms with Crippen LogP contribution in [0.5, 0.6) is 5.75 Å². The van der Waals surface area contributed by atoms with Crippen molar-refractivity contribution in [2.24, 2.45) is 0 Å². The van der Waals surface area contributed by atoms with Gasteiger partial charge in [0.15, 0.2) is 5.60 Å². The van der Waals surface area contributed by atoms with Crippen LogP contribution >= 0.6 is 23.2 Å². The number of anilines is 2. The number of aliphatic carboxylic acids is 1. The summed E-state index contributed by atoms with van der Waals surface area (Å²) in [5.74, 6) is -0.902. The fourth-order valence-corrected chi connectivity index (χ4v) is 6.14. The number of halogens is 2. The third-order valence-corrected chi connectivity index (χ3v) is 8.20. The molecule has 0 spiro atoms. The van der Waals surface area contributed by atoms with Gasteiger partial charge in [-0.1, -0.05) is 67.4 Å². The Morgan fingerprint density at radius 2 is 1.65 bits per heavy atom. The predicted molar refractivity (Wildman–Crippen MR) is 165 cm³/mol. The lowest BCUT2D eigenvalue weighted by Crippen LogP contribution is -3.12. The van der Waals surface area contributed by atoms with Crippen LogP contribution in [0.4, 0.5) is 16.2 Å². The molecule has 11 heteroatoms. The topological polar surface area (TPSA) is 135 Å². The number of likely N-dealkylation sites (tertiary alicyclic amines) is 1. The Kier molecular flexibility index (Phi) is 10.6. The predicted octanol–water partition coefficient (Wildman–Crippen LogP) is 3.58. The first-order valence-corrected chi connectivity index (χ1v) is 14.9. The lowest BCUT2D eigenvalue weighted by Gasteiger charge is -2.45. The van der Waals surface area contributed by atoms with Crippen molar-refractivity contribution in [3.63, 3.8) is 0 Å². The SMILES string of the molecule is CC1(C)C[C@@](CO)(C[NH+]2CCCC2)Oc2c(NC(=O)Nc3ccc(Cl)cc3)cc(Cl)cc21.O=C([O-])[C@@H](O)c1ccccc1. The van der Waals surface area contributed by atoms with Gasteiger partial charge in [0.25, 0.3) is 0 Å². The van der Waals surface area contributed by atoms with E-state index in [-0.39, 0.29) is 12.0 Å². The molecule has 0 aliphatic carbocycles. The zero-order valence-electron chi connectivity index (χ0n) is 24.2. The zero-order valence-corrected chi connectivity index (χ0v) is 25.7. The number of ether oxygens (including phenoxy) is 1. The highest BCUT2D eigenvalue weighted by atomic mass is 35.5. The van der Waals surface area contributed by atoms with Crippen LogP contribution in [0.1, 0.15) is 50.3 Å². The van der Waals surface area contributed by atoms with E-state index in [0.29, 0.717) is 39.2 Å². The van der Waals surface area contributed by atoms with Crippen molar-refractivity contribution in [2.75, 3.05) is 36.9 Å². The number of aliphatic hydroxyl groups is 2. The second-order valence-electron chi connectivity index (χ2n) is 11.7. The van der Waals surface area contributed by atoms with E-state index in [2.05, 4.69) is 24.5 Å². The summed E-state index contributed by atoms with van der Waals surface area (Å²) in [5, 5.41) is 36.3. The van der Waals surface area contributed by atoms with Crippen LogP contribution in [0, 0.1) is 0 Å². The largest absolute Gasteiger partial charge is 0.547 e. The van der Waals surface area contributed by atoms with Crippen LogP contribution in [0.15, 0.2) is 66.7 Å². The molecule has 2 amide bonds. The van der Waals surface area contributed by atoms with Crippen molar-refractivity contribution in [3.8, 4) is 5.75 Å². The molecule has 0 aromatic heterocycles. The van der Waals surface area contributed by atoms with E-state index in [1.54, 1.807) is 48.5 Å². The van der Waals surface area contributed by atoms with Crippen molar-refractivity contribution in [2.45, 2.75) is 50.2 Å². The van der Waals surface area contributed by atoms with Gasteiger partial charge in [-0.25, -0.2) is 4.79 Å². The Hall–Kier alpha value is -3.34. The number of aliphatic hydroxyl groups excluding tert-OH is 2. The van der Waals surface area contributed by atoms with Crippen LogP contribution in [0.2, 0.25) is 10.0 Å². The summed E-state index contributed by atoms with van der Waals surface area (Å²) in [6.45, 7) is 7.09. The molecule has 5 N–H and O–H groups in total. The smallest absolute Gasteiger partial charge is 0.323 e. The first-order chi connectivity index (χ1) is 20.4. The van der Waals surface area contributed by atoms with Gasteiger partial charge < -0.3 is 40.4 Å². The van der Waals surface area contributed by atoms with E-state index >= 15 is 0 Å². The average Bonchev–Trinajstić information content (AvgIpc) is 3.48. The number of carbonyl (C=O) groups excluding carboxylic acids is 2. The van der Waals surface area contributed by atoms with Gasteiger partial charge in [0.05, 0.1) is 31.4 Å². The first-order valence-electron chi connectivity index (χ1n) is 14.2. The molecule has 0 bridgehead atoms. The Morgan fingerprint density at radius 1 is 1.00 bits per heavy atom. The second-order valence-corrected chi connectivity index (χ2v) is 12.6. The highest BCUT2D eigenvalue weighted by Crippen LogP contribution is 2.49. The molecule has 1 fully saturated rings. The number of hydrogen-bond acceptors (Lipinski definition) is 6. The Balaban J connectivity index is 0.000000324. The summed E-state index contributed by atoms with van der Waals surface area (Å²) in [4.78, 5) is 24.3. The Morgan fingerprint density at radius 3 is 2.26 bits per heavy atom. The summed E-state index contributed by atoms with van der Waals surface area (Å²) in [7, 11) is 0. The summed E-state index contributed by atoms with van der Waals surface area (Å²) in [6, 6.07) is 18.1. The number of amides is 2. The van der Waals surface area contributed by atoms with Crippen molar-refractivity contribution >= 4 is 46.6 Å². The number of carbonyl (C=O) groups is 2. The standard InChI is InChI=1S/C24H29Cl2N3O3.C8H8O3/c1-23(2)13-24(15-30,14-29-9-3-4-10-29)32-21-19(23)11-17(26)12-20(21)28-22(31)27-18-7-5-16(25)6-8-18;9-7(8(10)11)6-4-2-1-3-5-6/h5-8,11-12,30H,3-4,9-10,13-15H2,1-2H3,(H2,27,28,31);1-5,7,9H,(H,10,11)/t24-;7-/m00/s1. The quantitative estimate of drug-likeness (QED) is 0.271.